The van der Waals surface area contributed by atoms with Gasteiger partial charge in [-0.05, 0) is 31.2 Å². The van der Waals surface area contributed by atoms with Crippen LogP contribution in [0.25, 0.3) is 0 Å². The third-order valence-corrected chi connectivity index (χ3v) is 4.39. The Morgan fingerprint density at radius 2 is 1.76 bits per heavy atom. The maximum atomic E-state index is 12.1. The molecular weight excluding hydrogens is 388 g/mol. The van der Waals surface area contributed by atoms with Gasteiger partial charge in [0, 0.05) is 6.07 Å². The highest BCUT2D eigenvalue weighted by molar-refractivity contribution is 5.89. The van der Waals surface area contributed by atoms with Gasteiger partial charge in [0.1, 0.15) is 42.5 Å². The van der Waals surface area contributed by atoms with Gasteiger partial charge in [-0.2, -0.15) is 0 Å². The number of hydrogen-bond acceptors (Lipinski definition) is 10. The first-order valence-corrected chi connectivity index (χ1v) is 8.69. The van der Waals surface area contributed by atoms with Crippen molar-refractivity contribution in [3.63, 3.8) is 0 Å². The van der Waals surface area contributed by atoms with Crippen molar-refractivity contribution in [2.45, 2.75) is 37.6 Å². The van der Waals surface area contributed by atoms with E-state index in [-0.39, 0.29) is 22.8 Å². The smallest absolute Gasteiger partial charge is 0.338 e. The molecule has 1 aliphatic rings. The summed E-state index contributed by atoms with van der Waals surface area (Å²) in [6, 6.07) is 6.41. The molecule has 2 heterocycles. The fraction of sp³-hybridized carbons (Fsp3) is 0.368. The lowest BCUT2D eigenvalue weighted by molar-refractivity contribution is -0.277. The van der Waals surface area contributed by atoms with E-state index >= 15 is 0 Å². The number of aliphatic hydroxyl groups is 3. The lowest BCUT2D eigenvalue weighted by atomic mass is 9.99. The number of carbonyl (C=O) groups excluding carboxylic acids is 1. The van der Waals surface area contributed by atoms with E-state index in [1.54, 1.807) is 0 Å². The van der Waals surface area contributed by atoms with Crippen molar-refractivity contribution in [3.05, 3.63) is 58.1 Å². The Kier molecular flexibility index (Phi) is 6.18. The van der Waals surface area contributed by atoms with Crippen LogP contribution in [-0.4, -0.2) is 63.7 Å². The first kappa shape index (κ1) is 20.8. The van der Waals surface area contributed by atoms with E-state index in [2.05, 4.69) is 0 Å². The topological polar surface area (TPSA) is 156 Å². The summed E-state index contributed by atoms with van der Waals surface area (Å²) >= 11 is 0. The lowest BCUT2D eigenvalue weighted by Gasteiger charge is -2.39. The van der Waals surface area contributed by atoms with E-state index in [4.69, 9.17) is 18.6 Å². The Labute approximate surface area is 164 Å². The highest BCUT2D eigenvalue weighted by atomic mass is 16.7. The largest absolute Gasteiger partial charge is 0.508 e. The SMILES string of the molecule is Cc1occc(=O)c1OC1OC(COC(=O)c2ccc(O)cc2)C(O)C(O)C1O. The van der Waals surface area contributed by atoms with Gasteiger partial charge in [0.25, 0.3) is 0 Å². The number of aromatic hydroxyl groups is 1. The molecule has 156 valence electrons. The fourth-order valence-electron chi connectivity index (χ4n) is 2.75. The number of phenols is 1. The maximum absolute atomic E-state index is 12.1. The summed E-state index contributed by atoms with van der Waals surface area (Å²) < 4.78 is 20.9. The van der Waals surface area contributed by atoms with E-state index in [1.165, 1.54) is 37.5 Å². The summed E-state index contributed by atoms with van der Waals surface area (Å²) in [7, 11) is 0. The third-order valence-electron chi connectivity index (χ3n) is 4.39. The molecule has 1 saturated heterocycles. The van der Waals surface area contributed by atoms with Crippen LogP contribution in [0, 0.1) is 6.92 Å². The highest BCUT2D eigenvalue weighted by Crippen LogP contribution is 2.25. The normalized spacial score (nSPS) is 26.7. The Hall–Kier alpha value is -2.92. The third kappa shape index (κ3) is 4.57. The van der Waals surface area contributed by atoms with Gasteiger partial charge in [-0.1, -0.05) is 0 Å². The molecule has 1 aliphatic heterocycles. The number of benzene rings is 1. The molecular formula is C19H20O10. The monoisotopic (exact) mass is 408 g/mol. The van der Waals surface area contributed by atoms with Crippen LogP contribution in [0.3, 0.4) is 0 Å². The van der Waals surface area contributed by atoms with Crippen LogP contribution in [-0.2, 0) is 9.47 Å². The van der Waals surface area contributed by atoms with Crippen LogP contribution < -0.4 is 10.2 Å². The van der Waals surface area contributed by atoms with Crippen LogP contribution in [0.15, 0.2) is 45.8 Å². The second kappa shape index (κ2) is 8.62. The van der Waals surface area contributed by atoms with Crippen molar-refractivity contribution >= 4 is 5.97 Å². The number of phenolic OH excluding ortho intramolecular Hbond substituents is 1. The Bertz CT molecular complexity index is 906. The average Bonchev–Trinajstić information content (AvgIpc) is 2.70. The van der Waals surface area contributed by atoms with E-state index in [9.17, 15) is 30.0 Å². The Balaban J connectivity index is 1.69. The van der Waals surface area contributed by atoms with Crippen molar-refractivity contribution in [2.24, 2.45) is 0 Å². The molecule has 10 heteroatoms. The number of aryl methyl sites for hydroxylation is 1. The number of ether oxygens (including phenoxy) is 3. The van der Waals surface area contributed by atoms with Gasteiger partial charge in [-0.25, -0.2) is 4.79 Å². The Morgan fingerprint density at radius 3 is 2.41 bits per heavy atom. The summed E-state index contributed by atoms with van der Waals surface area (Å²) in [6.07, 6.45) is -6.52. The van der Waals surface area contributed by atoms with Gasteiger partial charge in [-0.3, -0.25) is 4.79 Å². The van der Waals surface area contributed by atoms with Crippen molar-refractivity contribution in [1.29, 1.82) is 0 Å². The molecule has 5 unspecified atom stereocenters. The average molecular weight is 408 g/mol. The minimum atomic E-state index is -1.68. The summed E-state index contributed by atoms with van der Waals surface area (Å²) in [5, 5.41) is 39.6. The zero-order valence-corrected chi connectivity index (χ0v) is 15.3. The van der Waals surface area contributed by atoms with Crippen molar-refractivity contribution in [2.75, 3.05) is 6.61 Å². The molecule has 0 saturated carbocycles. The maximum Gasteiger partial charge on any atom is 0.338 e. The summed E-state index contributed by atoms with van der Waals surface area (Å²) in [5.74, 6) is -0.868. The Morgan fingerprint density at radius 1 is 1.07 bits per heavy atom. The second-order valence-electron chi connectivity index (χ2n) is 6.45. The van der Waals surface area contributed by atoms with Gasteiger partial charge in [0.05, 0.1) is 11.8 Å². The van der Waals surface area contributed by atoms with Gasteiger partial charge in [0.15, 0.2) is 0 Å². The minimum Gasteiger partial charge on any atom is -0.508 e. The number of esters is 1. The molecule has 1 fully saturated rings. The molecule has 2 aromatic rings. The van der Waals surface area contributed by atoms with Gasteiger partial charge in [-0.15, -0.1) is 0 Å². The molecule has 29 heavy (non-hydrogen) atoms. The molecule has 0 radical (unpaired) electrons. The molecule has 1 aromatic carbocycles. The zero-order chi connectivity index (χ0) is 21.1. The number of rotatable bonds is 5. The molecule has 3 rings (SSSR count). The van der Waals surface area contributed by atoms with Gasteiger partial charge in [0.2, 0.25) is 17.5 Å². The summed E-state index contributed by atoms with van der Waals surface area (Å²) in [5.41, 5.74) is -0.375. The van der Waals surface area contributed by atoms with Crippen molar-refractivity contribution < 1.29 is 43.8 Å². The van der Waals surface area contributed by atoms with E-state index < -0.39 is 48.7 Å². The van der Waals surface area contributed by atoms with Crippen molar-refractivity contribution in [3.8, 4) is 11.5 Å². The zero-order valence-electron chi connectivity index (χ0n) is 15.3. The number of carbonyl (C=O) groups is 1. The number of aliphatic hydroxyl groups excluding tert-OH is 3. The number of hydrogen-bond donors (Lipinski definition) is 4. The van der Waals surface area contributed by atoms with Crippen LogP contribution in [0.1, 0.15) is 16.1 Å². The summed E-state index contributed by atoms with van der Waals surface area (Å²) in [4.78, 5) is 24.0. The molecule has 1 aromatic heterocycles. The molecule has 4 N–H and O–H groups in total. The van der Waals surface area contributed by atoms with Crippen molar-refractivity contribution in [1.82, 2.24) is 0 Å². The standard InChI is InChI=1S/C19H20O10/c1-9-17(12(21)6-7-26-9)29-19-16(24)15(23)14(22)13(28-19)8-27-18(25)10-2-4-11(20)5-3-10/h2-7,13-16,19-20,22-24H,8H2,1H3. The van der Waals surface area contributed by atoms with Crippen LogP contribution >= 0.6 is 0 Å². The van der Waals surface area contributed by atoms with E-state index in [1.807, 2.05) is 0 Å². The van der Waals surface area contributed by atoms with Crippen LogP contribution in [0.2, 0.25) is 0 Å². The lowest BCUT2D eigenvalue weighted by Crippen LogP contribution is -2.60. The van der Waals surface area contributed by atoms with E-state index in [0.29, 0.717) is 0 Å². The quantitative estimate of drug-likeness (QED) is 0.484. The first-order chi connectivity index (χ1) is 13.8. The first-order valence-electron chi connectivity index (χ1n) is 8.69. The van der Waals surface area contributed by atoms with Gasteiger partial charge >= 0.3 is 5.97 Å². The van der Waals surface area contributed by atoms with Crippen LogP contribution in [0.5, 0.6) is 11.5 Å². The molecule has 0 amide bonds. The molecule has 10 nitrogen and oxygen atoms in total. The molecule has 0 aliphatic carbocycles. The molecule has 0 spiro atoms. The minimum absolute atomic E-state index is 0.0228. The molecule has 5 atom stereocenters. The fourth-order valence-corrected chi connectivity index (χ4v) is 2.75. The molecule has 0 bridgehead atoms. The second-order valence-corrected chi connectivity index (χ2v) is 6.45. The van der Waals surface area contributed by atoms with Gasteiger partial charge < -0.3 is 39.1 Å². The summed E-state index contributed by atoms with van der Waals surface area (Å²) in [6.45, 7) is 1.00. The predicted octanol–water partition coefficient (Wildman–Crippen LogP) is -0.303. The predicted molar refractivity (Wildman–Crippen MR) is 95.4 cm³/mol. The highest BCUT2D eigenvalue weighted by Gasteiger charge is 2.45. The van der Waals surface area contributed by atoms with Crippen LogP contribution in [0.4, 0.5) is 0 Å². The van der Waals surface area contributed by atoms with E-state index in [0.717, 1.165) is 6.07 Å².